The second kappa shape index (κ2) is 11.9. The molecule has 0 radical (unpaired) electrons. The van der Waals surface area contributed by atoms with Gasteiger partial charge >= 0.3 is 5.97 Å². The number of nitrogens with one attached hydrogen (secondary N) is 1. The topological polar surface area (TPSA) is 108 Å². The van der Waals surface area contributed by atoms with Crippen LogP contribution in [0.15, 0.2) is 54.6 Å². The summed E-state index contributed by atoms with van der Waals surface area (Å²) in [5, 5.41) is 14.1. The molecule has 35 heavy (non-hydrogen) atoms. The SMILES string of the molecule is CCCOc1ccccc1/C=C/C(=O)Nc1sc(C)c(-c2ccc([N+](=O)[O-])cc2)c1C(=O)OCC. The monoisotopic (exact) mass is 494 g/mol. The van der Waals surface area contributed by atoms with Gasteiger partial charge in [-0.3, -0.25) is 14.9 Å². The molecule has 0 aliphatic carbocycles. The summed E-state index contributed by atoms with van der Waals surface area (Å²) < 4.78 is 11.0. The Bertz CT molecular complexity index is 1250. The molecule has 9 heteroatoms. The highest BCUT2D eigenvalue weighted by atomic mass is 32.1. The number of ether oxygens (including phenoxy) is 2. The van der Waals surface area contributed by atoms with E-state index in [1.54, 1.807) is 25.1 Å². The van der Waals surface area contributed by atoms with Gasteiger partial charge in [-0.05, 0) is 50.1 Å². The minimum absolute atomic E-state index is 0.0545. The number of nitro benzene ring substituents is 1. The van der Waals surface area contributed by atoms with Crippen LogP contribution < -0.4 is 10.1 Å². The number of aryl methyl sites for hydroxylation is 1. The number of anilines is 1. The predicted molar refractivity (Wildman–Crippen MR) is 137 cm³/mol. The molecule has 3 rings (SSSR count). The van der Waals surface area contributed by atoms with Gasteiger partial charge in [0.2, 0.25) is 5.91 Å². The van der Waals surface area contributed by atoms with Crippen molar-refractivity contribution in [1.29, 1.82) is 0 Å². The average molecular weight is 495 g/mol. The van der Waals surface area contributed by atoms with Crippen molar-refractivity contribution in [2.45, 2.75) is 27.2 Å². The van der Waals surface area contributed by atoms with Gasteiger partial charge in [-0.15, -0.1) is 11.3 Å². The number of nitrogens with zero attached hydrogens (tertiary/aromatic N) is 1. The molecule has 8 nitrogen and oxygen atoms in total. The van der Waals surface area contributed by atoms with E-state index in [9.17, 15) is 19.7 Å². The van der Waals surface area contributed by atoms with Gasteiger partial charge < -0.3 is 14.8 Å². The van der Waals surface area contributed by atoms with Crippen molar-refractivity contribution in [3.05, 3.63) is 80.7 Å². The van der Waals surface area contributed by atoms with E-state index in [1.807, 2.05) is 38.1 Å². The molecule has 3 aromatic rings. The van der Waals surface area contributed by atoms with E-state index < -0.39 is 16.8 Å². The number of esters is 1. The van der Waals surface area contributed by atoms with E-state index in [0.29, 0.717) is 28.5 Å². The fourth-order valence-electron chi connectivity index (χ4n) is 3.41. The number of amides is 1. The standard InChI is InChI=1S/C26H26N2O6S/c1-4-16-34-21-9-7-6-8-18(21)12-15-22(29)27-25-24(26(30)33-5-2)23(17(3)35-25)19-10-13-20(14-11-19)28(31)32/h6-15H,4-5,16H2,1-3H3,(H,27,29)/b15-12+. The lowest BCUT2D eigenvalue weighted by Crippen LogP contribution is -2.12. The number of para-hydroxylation sites is 1. The zero-order valence-corrected chi connectivity index (χ0v) is 20.5. The highest BCUT2D eigenvalue weighted by Crippen LogP contribution is 2.41. The molecule has 1 N–H and O–H groups in total. The normalized spacial score (nSPS) is 10.8. The first-order valence-corrected chi connectivity index (χ1v) is 11.9. The van der Waals surface area contributed by atoms with Gasteiger partial charge in [-0.2, -0.15) is 0 Å². The molecule has 0 aliphatic rings. The summed E-state index contributed by atoms with van der Waals surface area (Å²) in [5.74, 6) is -0.321. The number of non-ortho nitro benzene ring substituents is 1. The summed E-state index contributed by atoms with van der Waals surface area (Å²) in [6, 6.07) is 13.3. The van der Waals surface area contributed by atoms with E-state index in [0.717, 1.165) is 16.9 Å². The van der Waals surface area contributed by atoms with Gasteiger partial charge in [0.15, 0.2) is 0 Å². The second-order valence-corrected chi connectivity index (χ2v) is 8.70. The maximum absolute atomic E-state index is 12.8. The van der Waals surface area contributed by atoms with Crippen LogP contribution >= 0.6 is 11.3 Å². The average Bonchev–Trinajstić information content (AvgIpc) is 3.17. The number of carbonyl (C=O) groups excluding carboxylic acids is 2. The van der Waals surface area contributed by atoms with E-state index in [2.05, 4.69) is 5.32 Å². The van der Waals surface area contributed by atoms with Gasteiger partial charge in [-0.25, -0.2) is 4.79 Å². The smallest absolute Gasteiger partial charge is 0.341 e. The van der Waals surface area contributed by atoms with Gasteiger partial charge in [0, 0.05) is 34.2 Å². The summed E-state index contributed by atoms with van der Waals surface area (Å²) in [5.41, 5.74) is 2.11. The van der Waals surface area contributed by atoms with Crippen LogP contribution in [0.25, 0.3) is 17.2 Å². The lowest BCUT2D eigenvalue weighted by Gasteiger charge is -2.09. The maximum Gasteiger partial charge on any atom is 0.341 e. The van der Waals surface area contributed by atoms with E-state index in [4.69, 9.17) is 9.47 Å². The Morgan fingerprint density at radius 3 is 2.49 bits per heavy atom. The van der Waals surface area contributed by atoms with Crippen molar-refractivity contribution in [2.75, 3.05) is 18.5 Å². The highest BCUT2D eigenvalue weighted by Gasteiger charge is 2.25. The third kappa shape index (κ3) is 6.33. The van der Waals surface area contributed by atoms with E-state index in [-0.39, 0.29) is 17.9 Å². The summed E-state index contributed by atoms with van der Waals surface area (Å²) in [6.45, 7) is 6.26. The predicted octanol–water partition coefficient (Wildman–Crippen LogP) is 6.25. The molecule has 1 heterocycles. The summed E-state index contributed by atoms with van der Waals surface area (Å²) >= 11 is 1.24. The zero-order chi connectivity index (χ0) is 25.4. The maximum atomic E-state index is 12.8. The molecule has 1 amide bonds. The molecule has 0 spiro atoms. The molecule has 0 unspecified atom stereocenters. The quantitative estimate of drug-likeness (QED) is 0.154. The molecular formula is C26H26N2O6S. The number of rotatable bonds is 10. The van der Waals surface area contributed by atoms with Crippen LogP contribution in [0.3, 0.4) is 0 Å². The Balaban J connectivity index is 1.91. The lowest BCUT2D eigenvalue weighted by molar-refractivity contribution is -0.384. The Morgan fingerprint density at radius 2 is 1.83 bits per heavy atom. The van der Waals surface area contributed by atoms with Crippen molar-refractivity contribution >= 4 is 40.0 Å². The third-order valence-corrected chi connectivity index (χ3v) is 5.98. The Labute approximate surface area is 207 Å². The van der Waals surface area contributed by atoms with Crippen molar-refractivity contribution in [1.82, 2.24) is 0 Å². The van der Waals surface area contributed by atoms with E-state index in [1.165, 1.54) is 29.5 Å². The molecule has 0 atom stereocenters. The van der Waals surface area contributed by atoms with Crippen LogP contribution in [-0.4, -0.2) is 30.0 Å². The fraction of sp³-hybridized carbons (Fsp3) is 0.231. The molecule has 0 bridgehead atoms. The number of thiophene rings is 1. The summed E-state index contributed by atoms with van der Waals surface area (Å²) in [6.07, 6.45) is 3.90. The Hall–Kier alpha value is -3.98. The molecule has 1 aromatic heterocycles. The minimum atomic E-state index is -0.581. The van der Waals surface area contributed by atoms with Crippen LogP contribution in [0, 0.1) is 17.0 Å². The van der Waals surface area contributed by atoms with Crippen LogP contribution in [0.2, 0.25) is 0 Å². The van der Waals surface area contributed by atoms with Crippen molar-refractivity contribution in [3.63, 3.8) is 0 Å². The lowest BCUT2D eigenvalue weighted by atomic mass is 10.0. The van der Waals surface area contributed by atoms with Crippen LogP contribution in [0.5, 0.6) is 5.75 Å². The summed E-state index contributed by atoms with van der Waals surface area (Å²) in [4.78, 5) is 36.9. The van der Waals surface area contributed by atoms with Gasteiger partial charge in [0.05, 0.1) is 18.1 Å². The minimum Gasteiger partial charge on any atom is -0.493 e. The Morgan fingerprint density at radius 1 is 1.11 bits per heavy atom. The van der Waals surface area contributed by atoms with Crippen LogP contribution in [0.1, 0.15) is 41.1 Å². The highest BCUT2D eigenvalue weighted by molar-refractivity contribution is 7.17. The third-order valence-electron chi connectivity index (χ3n) is 4.96. The molecule has 0 saturated carbocycles. The molecule has 0 fully saturated rings. The largest absolute Gasteiger partial charge is 0.493 e. The van der Waals surface area contributed by atoms with Crippen molar-refractivity contribution in [3.8, 4) is 16.9 Å². The number of carbonyl (C=O) groups is 2. The molecule has 0 saturated heterocycles. The van der Waals surface area contributed by atoms with Crippen LogP contribution in [0.4, 0.5) is 10.7 Å². The first-order valence-electron chi connectivity index (χ1n) is 11.1. The number of benzene rings is 2. The van der Waals surface area contributed by atoms with Gasteiger partial charge in [0.25, 0.3) is 5.69 Å². The van der Waals surface area contributed by atoms with Crippen molar-refractivity contribution in [2.24, 2.45) is 0 Å². The van der Waals surface area contributed by atoms with Crippen LogP contribution in [-0.2, 0) is 9.53 Å². The first kappa shape index (κ1) is 25.6. The molecule has 182 valence electrons. The second-order valence-electron chi connectivity index (χ2n) is 7.47. The summed E-state index contributed by atoms with van der Waals surface area (Å²) in [7, 11) is 0. The first-order chi connectivity index (χ1) is 16.8. The van der Waals surface area contributed by atoms with Crippen molar-refractivity contribution < 1.29 is 24.0 Å². The van der Waals surface area contributed by atoms with Gasteiger partial charge in [0.1, 0.15) is 16.3 Å². The number of hydrogen-bond donors (Lipinski definition) is 1. The number of hydrogen-bond acceptors (Lipinski definition) is 7. The molecular weight excluding hydrogens is 468 g/mol. The molecule has 0 aliphatic heterocycles. The fourth-order valence-corrected chi connectivity index (χ4v) is 4.48. The Kier molecular flexibility index (Phi) is 8.74. The van der Waals surface area contributed by atoms with Gasteiger partial charge in [-0.1, -0.05) is 25.1 Å². The van der Waals surface area contributed by atoms with E-state index >= 15 is 0 Å². The number of nitro groups is 1. The molecule has 2 aromatic carbocycles. The zero-order valence-electron chi connectivity index (χ0n) is 19.7.